The molecule has 6 heteroatoms. The summed E-state index contributed by atoms with van der Waals surface area (Å²) in [6.07, 6.45) is 1.92. The first kappa shape index (κ1) is 51.2. The van der Waals surface area contributed by atoms with Crippen molar-refractivity contribution in [3.8, 4) is 17.3 Å². The summed E-state index contributed by atoms with van der Waals surface area (Å²) in [4.78, 5) is 9.76. The molecule has 7 aromatic carbocycles. The Bertz CT molecular complexity index is 3390. The number of fused-ring (bicyclic) bond motifs is 3. The quantitative estimate of drug-likeness (QED) is 0.121. The Balaban J connectivity index is 0.00000656. The van der Waals surface area contributed by atoms with Crippen molar-refractivity contribution in [3.05, 3.63) is 246 Å². The Morgan fingerprint density at radius 2 is 0.945 bits per heavy atom. The maximum Gasteiger partial charge on any atom is 0.135 e. The summed E-state index contributed by atoms with van der Waals surface area (Å²) >= 11 is 0. The van der Waals surface area contributed by atoms with Crippen LogP contribution in [0.25, 0.3) is 27.6 Å². The van der Waals surface area contributed by atoms with E-state index in [2.05, 4.69) is 280 Å². The molecule has 73 heavy (non-hydrogen) atoms. The van der Waals surface area contributed by atoms with E-state index in [0.29, 0.717) is 11.5 Å². The van der Waals surface area contributed by atoms with E-state index in [9.17, 15) is 0 Å². The van der Waals surface area contributed by atoms with Gasteiger partial charge in [0.2, 0.25) is 0 Å². The molecule has 2 aromatic heterocycles. The molecule has 0 aliphatic carbocycles. The van der Waals surface area contributed by atoms with Crippen LogP contribution in [0.3, 0.4) is 0 Å². The van der Waals surface area contributed by atoms with Gasteiger partial charge in [0.25, 0.3) is 0 Å². The molecule has 0 bridgehead atoms. The molecule has 0 amide bonds. The number of rotatable bonds is 11. The fourth-order valence-electron chi connectivity index (χ4n) is 10.7. The van der Waals surface area contributed by atoms with Crippen molar-refractivity contribution in [3.63, 3.8) is 0 Å². The topological polar surface area (TPSA) is 33.5 Å². The third-order valence-corrected chi connectivity index (χ3v) is 15.0. The first-order valence-electron chi connectivity index (χ1n) is 25.4. The number of para-hydroxylation sites is 1. The molecular formula is C67H67N4OPt-3. The molecule has 5 nitrogen and oxygen atoms in total. The van der Waals surface area contributed by atoms with E-state index >= 15 is 0 Å². The summed E-state index contributed by atoms with van der Waals surface area (Å²) in [6, 6.07) is 70.3. The number of ether oxygens (including phenoxy) is 1. The van der Waals surface area contributed by atoms with E-state index < -0.39 is 0 Å². The van der Waals surface area contributed by atoms with Crippen LogP contribution in [0.2, 0.25) is 0 Å². The van der Waals surface area contributed by atoms with Gasteiger partial charge in [0.05, 0.1) is 0 Å². The van der Waals surface area contributed by atoms with Crippen molar-refractivity contribution >= 4 is 33.2 Å². The van der Waals surface area contributed by atoms with E-state index in [1.807, 2.05) is 18.3 Å². The van der Waals surface area contributed by atoms with E-state index in [0.717, 1.165) is 39.0 Å². The molecule has 3 heterocycles. The predicted molar refractivity (Wildman–Crippen MR) is 300 cm³/mol. The Hall–Kier alpha value is -6.68. The molecule has 0 unspecified atom stereocenters. The van der Waals surface area contributed by atoms with Gasteiger partial charge in [0.1, 0.15) is 5.82 Å². The zero-order chi connectivity index (χ0) is 50.8. The minimum atomic E-state index is -0.273. The molecule has 0 saturated carbocycles. The fourth-order valence-corrected chi connectivity index (χ4v) is 10.7. The SMILES string of the molecule is CC(C)(C)C1=C(C(C)(C)C)N(c2cc(C(C)(C)c3ccccc3)cc(C(C)(C)c3ccccc3)c2)[CH-]N1c1[c-]c(Oc2[c-]c3c(cc2)c2ccccc2n3-c2cc(C(C)(C)c3ccccc3)ccn2)ccc1.[Pt]. The van der Waals surface area contributed by atoms with Gasteiger partial charge in [-0.05, 0) is 69.1 Å². The largest absolute Gasteiger partial charge is 0.509 e. The number of allylic oxidation sites excluding steroid dienone is 2. The maximum absolute atomic E-state index is 6.81. The smallest absolute Gasteiger partial charge is 0.135 e. The molecule has 0 fully saturated rings. The molecule has 9 aromatic rings. The number of anilines is 2. The van der Waals surface area contributed by atoms with Gasteiger partial charge in [-0.2, -0.15) is 12.1 Å². The van der Waals surface area contributed by atoms with Crippen LogP contribution in [-0.2, 0) is 37.3 Å². The second kappa shape index (κ2) is 19.3. The van der Waals surface area contributed by atoms with E-state index in [1.165, 1.54) is 44.8 Å². The zero-order valence-corrected chi connectivity index (χ0v) is 46.7. The predicted octanol–water partition coefficient (Wildman–Crippen LogP) is 17.3. The van der Waals surface area contributed by atoms with Crippen molar-refractivity contribution in [2.45, 2.75) is 99.3 Å². The molecule has 0 spiro atoms. The van der Waals surface area contributed by atoms with Gasteiger partial charge in [-0.15, -0.1) is 48.1 Å². The summed E-state index contributed by atoms with van der Waals surface area (Å²) in [5.74, 6) is 2.03. The van der Waals surface area contributed by atoms with Crippen LogP contribution in [0.1, 0.15) is 116 Å². The molecule has 0 N–H and O–H groups in total. The first-order valence-corrected chi connectivity index (χ1v) is 25.4. The molecule has 1 aliphatic rings. The van der Waals surface area contributed by atoms with Gasteiger partial charge < -0.3 is 19.1 Å². The zero-order valence-electron chi connectivity index (χ0n) is 44.4. The van der Waals surface area contributed by atoms with E-state index in [4.69, 9.17) is 9.72 Å². The van der Waals surface area contributed by atoms with Crippen LogP contribution in [0.15, 0.2) is 194 Å². The third-order valence-electron chi connectivity index (χ3n) is 15.0. The van der Waals surface area contributed by atoms with Gasteiger partial charge in [0, 0.05) is 88.4 Å². The minimum Gasteiger partial charge on any atom is -0.509 e. The molecule has 0 saturated heterocycles. The van der Waals surface area contributed by atoms with Gasteiger partial charge in [-0.25, -0.2) is 4.98 Å². The van der Waals surface area contributed by atoms with E-state index in [1.54, 1.807) is 0 Å². The van der Waals surface area contributed by atoms with Gasteiger partial charge in [0.15, 0.2) is 0 Å². The molecule has 0 atom stereocenters. The maximum atomic E-state index is 6.81. The summed E-state index contributed by atoms with van der Waals surface area (Å²) < 4.78 is 9.03. The Labute approximate surface area is 448 Å². The summed E-state index contributed by atoms with van der Waals surface area (Å²) in [5, 5.41) is 2.21. The normalized spacial score (nSPS) is 13.8. The van der Waals surface area contributed by atoms with Crippen molar-refractivity contribution < 1.29 is 25.8 Å². The molecule has 0 radical (unpaired) electrons. The second-order valence-corrected chi connectivity index (χ2v) is 23.1. The van der Waals surface area contributed by atoms with Crippen molar-refractivity contribution in [2.24, 2.45) is 10.8 Å². The number of nitrogens with zero attached hydrogens (tertiary/aromatic N) is 4. The Morgan fingerprint density at radius 1 is 0.438 bits per heavy atom. The minimum absolute atomic E-state index is 0. The van der Waals surface area contributed by atoms with E-state index in [-0.39, 0.29) is 48.1 Å². The van der Waals surface area contributed by atoms with Crippen molar-refractivity contribution in [1.29, 1.82) is 0 Å². The monoisotopic (exact) mass is 1140 g/mol. The standard InChI is InChI=1S/C67H67N4O.Pt/c1-63(2,3)61-62(64(4,5)6)70(53-40-50(66(9,10)47-27-18-14-19-28-47)39-51(41-53)67(11,12)48-29-20-15-21-30-48)45-69(61)52-31-24-32-54(43-52)72-55-35-36-57-56-33-22-23-34-58(56)71(59(57)44-55)60-42-49(37-38-68-60)65(7,8)46-25-16-13-17-26-46;/h13-42,45H,1-12H3;/q-3;. The summed E-state index contributed by atoms with van der Waals surface area (Å²) in [5.41, 5.74) is 12.7. The number of aromatic nitrogens is 2. The Kier molecular flexibility index (Phi) is 13.5. The molecule has 374 valence electrons. The first-order chi connectivity index (χ1) is 34.2. The van der Waals surface area contributed by atoms with Crippen LogP contribution in [0.5, 0.6) is 11.5 Å². The van der Waals surface area contributed by atoms with Gasteiger partial charge in [-0.1, -0.05) is 204 Å². The van der Waals surface area contributed by atoms with Gasteiger partial charge in [-0.3, -0.25) is 0 Å². The number of hydrogen-bond donors (Lipinski definition) is 0. The van der Waals surface area contributed by atoms with Crippen molar-refractivity contribution in [1.82, 2.24) is 9.55 Å². The number of pyridine rings is 1. The second-order valence-electron chi connectivity index (χ2n) is 23.1. The van der Waals surface area contributed by atoms with Crippen LogP contribution < -0.4 is 14.5 Å². The average Bonchev–Trinajstić information content (AvgIpc) is 3.96. The Morgan fingerprint density at radius 3 is 1.51 bits per heavy atom. The van der Waals surface area contributed by atoms with Crippen LogP contribution in [0.4, 0.5) is 11.4 Å². The molecule has 1 aliphatic heterocycles. The fraction of sp³-hybridized carbons (Fsp3) is 0.254. The van der Waals surface area contributed by atoms with Crippen molar-refractivity contribution in [2.75, 3.05) is 9.80 Å². The van der Waals surface area contributed by atoms with Crippen LogP contribution in [-0.4, -0.2) is 9.55 Å². The molecular weight excluding hydrogens is 1070 g/mol. The summed E-state index contributed by atoms with van der Waals surface area (Å²) in [6.45, 7) is 30.1. The van der Waals surface area contributed by atoms with Crippen LogP contribution in [0, 0.1) is 29.6 Å². The average molecular weight is 1140 g/mol. The third kappa shape index (κ3) is 9.58. The molecule has 10 rings (SSSR count). The summed E-state index contributed by atoms with van der Waals surface area (Å²) in [7, 11) is 0. The number of benzene rings is 7. The van der Waals surface area contributed by atoms with Crippen LogP contribution >= 0.6 is 0 Å². The number of hydrogen-bond acceptors (Lipinski definition) is 4. The van der Waals surface area contributed by atoms with Gasteiger partial charge >= 0.3 is 0 Å².